The van der Waals surface area contributed by atoms with Crippen molar-refractivity contribution in [1.29, 1.82) is 0 Å². The lowest BCUT2D eigenvalue weighted by atomic mass is 10.3. The Kier molecular flexibility index (Phi) is 3.20. The van der Waals surface area contributed by atoms with Gasteiger partial charge in [-0.25, -0.2) is 0 Å². The molecule has 0 aromatic heterocycles. The van der Waals surface area contributed by atoms with E-state index in [1.54, 1.807) is 37.3 Å². The second kappa shape index (κ2) is 4.40. The molecule has 0 heterocycles. The molecule has 0 aliphatic carbocycles. The Hall–Kier alpha value is -1.64. The van der Waals surface area contributed by atoms with Crippen LogP contribution >= 0.6 is 0 Å². The number of ether oxygens (including phenoxy) is 1. The lowest BCUT2D eigenvalue weighted by Crippen LogP contribution is -2.00. The lowest BCUT2D eigenvalue weighted by molar-refractivity contribution is 0.270. The summed E-state index contributed by atoms with van der Waals surface area (Å²) >= 11 is 0. The molecule has 13 heavy (non-hydrogen) atoms. The highest BCUT2D eigenvalue weighted by Gasteiger charge is 1.95. The van der Waals surface area contributed by atoms with Gasteiger partial charge in [-0.15, -0.1) is 0 Å². The third-order valence-electron chi connectivity index (χ3n) is 1.58. The van der Waals surface area contributed by atoms with Gasteiger partial charge in [0.25, 0.3) is 0 Å². The number of benzene rings is 1. The van der Waals surface area contributed by atoms with Crippen LogP contribution in [-0.2, 0) is 0 Å². The second-order valence-corrected chi connectivity index (χ2v) is 2.64. The van der Waals surface area contributed by atoms with Gasteiger partial charge in [0.05, 0.1) is 0 Å². The molecular formula is C10H13NO2. The van der Waals surface area contributed by atoms with E-state index in [9.17, 15) is 0 Å². The number of anilines is 1. The van der Waals surface area contributed by atoms with Crippen LogP contribution in [0.2, 0.25) is 0 Å². The number of nitrogens with two attached hydrogens (primary N) is 1. The van der Waals surface area contributed by atoms with E-state index in [-0.39, 0.29) is 12.4 Å². The van der Waals surface area contributed by atoms with E-state index < -0.39 is 0 Å². The maximum atomic E-state index is 9.09. The Morgan fingerprint density at radius 1 is 1.62 bits per heavy atom. The topological polar surface area (TPSA) is 55.5 Å². The molecule has 0 atom stereocenters. The molecule has 0 bridgehead atoms. The molecule has 0 unspecified atom stereocenters. The first-order chi connectivity index (χ1) is 6.22. The van der Waals surface area contributed by atoms with Gasteiger partial charge in [0.1, 0.15) is 18.1 Å². The predicted octanol–water partition coefficient (Wildman–Crippen LogP) is 2.11. The van der Waals surface area contributed by atoms with Crippen molar-refractivity contribution >= 4 is 5.69 Å². The average Bonchev–Trinajstić information content (AvgIpc) is 2.14. The SMILES string of the molecule is CC=C(O)COc1cccc(N)c1. The maximum Gasteiger partial charge on any atom is 0.145 e. The van der Waals surface area contributed by atoms with E-state index >= 15 is 0 Å². The zero-order chi connectivity index (χ0) is 9.68. The van der Waals surface area contributed by atoms with Crippen LogP contribution in [0, 0.1) is 0 Å². The molecule has 0 saturated heterocycles. The summed E-state index contributed by atoms with van der Waals surface area (Å²) in [5, 5.41) is 9.09. The van der Waals surface area contributed by atoms with E-state index in [4.69, 9.17) is 15.6 Å². The predicted molar refractivity (Wildman–Crippen MR) is 52.7 cm³/mol. The molecule has 0 fully saturated rings. The monoisotopic (exact) mass is 179 g/mol. The van der Waals surface area contributed by atoms with Crippen LogP contribution in [0.3, 0.4) is 0 Å². The fourth-order valence-electron chi connectivity index (χ4n) is 0.845. The van der Waals surface area contributed by atoms with E-state index in [2.05, 4.69) is 0 Å². The number of hydrogen-bond acceptors (Lipinski definition) is 3. The van der Waals surface area contributed by atoms with Crippen molar-refractivity contribution in [1.82, 2.24) is 0 Å². The summed E-state index contributed by atoms with van der Waals surface area (Å²) in [4.78, 5) is 0. The maximum absolute atomic E-state index is 9.09. The van der Waals surface area contributed by atoms with Crippen LogP contribution < -0.4 is 10.5 Å². The van der Waals surface area contributed by atoms with Gasteiger partial charge in [-0.3, -0.25) is 0 Å². The van der Waals surface area contributed by atoms with Crippen molar-refractivity contribution in [2.75, 3.05) is 12.3 Å². The van der Waals surface area contributed by atoms with Crippen molar-refractivity contribution in [2.45, 2.75) is 6.92 Å². The summed E-state index contributed by atoms with van der Waals surface area (Å²) in [5.74, 6) is 0.871. The molecule has 1 rings (SSSR count). The third kappa shape index (κ3) is 3.07. The van der Waals surface area contributed by atoms with Crippen molar-refractivity contribution < 1.29 is 9.84 Å². The Labute approximate surface area is 77.4 Å². The second-order valence-electron chi connectivity index (χ2n) is 2.64. The average molecular weight is 179 g/mol. The van der Waals surface area contributed by atoms with E-state index in [1.165, 1.54) is 0 Å². The summed E-state index contributed by atoms with van der Waals surface area (Å²) < 4.78 is 5.24. The summed E-state index contributed by atoms with van der Waals surface area (Å²) in [5.41, 5.74) is 6.19. The molecule has 3 heteroatoms. The van der Waals surface area contributed by atoms with Gasteiger partial charge in [-0.05, 0) is 25.1 Å². The Morgan fingerprint density at radius 3 is 3.00 bits per heavy atom. The highest BCUT2D eigenvalue weighted by molar-refractivity contribution is 5.43. The van der Waals surface area contributed by atoms with Crippen molar-refractivity contribution in [3.63, 3.8) is 0 Å². The number of aliphatic hydroxyl groups excluding tert-OH is 1. The zero-order valence-electron chi connectivity index (χ0n) is 7.53. The van der Waals surface area contributed by atoms with Gasteiger partial charge in [0.15, 0.2) is 0 Å². The number of hydrogen-bond donors (Lipinski definition) is 2. The first kappa shape index (κ1) is 9.45. The molecule has 0 aliphatic heterocycles. The summed E-state index contributed by atoms with van der Waals surface area (Å²) in [6.45, 7) is 1.93. The largest absolute Gasteiger partial charge is 0.509 e. The molecule has 3 N–H and O–H groups in total. The van der Waals surface area contributed by atoms with E-state index in [0.717, 1.165) is 0 Å². The van der Waals surface area contributed by atoms with Crippen LogP contribution in [0.1, 0.15) is 6.92 Å². The third-order valence-corrected chi connectivity index (χ3v) is 1.58. The number of allylic oxidation sites excluding steroid dienone is 1. The van der Waals surface area contributed by atoms with Gasteiger partial charge < -0.3 is 15.6 Å². The first-order valence-corrected chi connectivity index (χ1v) is 4.05. The molecule has 0 radical (unpaired) electrons. The van der Waals surface area contributed by atoms with Crippen LogP contribution in [0.25, 0.3) is 0 Å². The minimum Gasteiger partial charge on any atom is -0.509 e. The van der Waals surface area contributed by atoms with Gasteiger partial charge >= 0.3 is 0 Å². The Bertz CT molecular complexity index is 308. The highest BCUT2D eigenvalue weighted by Crippen LogP contribution is 2.14. The smallest absolute Gasteiger partial charge is 0.145 e. The number of aliphatic hydroxyl groups is 1. The Morgan fingerprint density at radius 2 is 2.38 bits per heavy atom. The molecule has 1 aromatic rings. The van der Waals surface area contributed by atoms with Crippen molar-refractivity contribution in [2.24, 2.45) is 0 Å². The fourth-order valence-corrected chi connectivity index (χ4v) is 0.845. The van der Waals surface area contributed by atoms with E-state index in [0.29, 0.717) is 11.4 Å². The summed E-state index contributed by atoms with van der Waals surface area (Å²) in [6.07, 6.45) is 1.59. The number of nitrogen functional groups attached to an aromatic ring is 1. The van der Waals surface area contributed by atoms with Gasteiger partial charge in [-0.2, -0.15) is 0 Å². The minimum atomic E-state index is 0.181. The first-order valence-electron chi connectivity index (χ1n) is 4.05. The molecule has 0 saturated carbocycles. The summed E-state index contributed by atoms with van der Waals surface area (Å²) in [7, 11) is 0. The van der Waals surface area contributed by atoms with E-state index in [1.807, 2.05) is 0 Å². The zero-order valence-corrected chi connectivity index (χ0v) is 7.53. The molecule has 0 spiro atoms. The molecule has 70 valence electrons. The molecular weight excluding hydrogens is 166 g/mol. The quantitative estimate of drug-likeness (QED) is 0.552. The molecule has 1 aromatic carbocycles. The fraction of sp³-hybridized carbons (Fsp3) is 0.200. The van der Waals surface area contributed by atoms with Crippen LogP contribution in [-0.4, -0.2) is 11.7 Å². The van der Waals surface area contributed by atoms with Gasteiger partial charge in [0.2, 0.25) is 0 Å². The van der Waals surface area contributed by atoms with Crippen LogP contribution in [0.15, 0.2) is 36.1 Å². The van der Waals surface area contributed by atoms with Crippen LogP contribution in [0.5, 0.6) is 5.75 Å². The Balaban J connectivity index is 2.55. The molecule has 0 amide bonds. The highest BCUT2D eigenvalue weighted by atomic mass is 16.5. The van der Waals surface area contributed by atoms with Crippen molar-refractivity contribution in [3.8, 4) is 5.75 Å². The van der Waals surface area contributed by atoms with Crippen molar-refractivity contribution in [3.05, 3.63) is 36.1 Å². The van der Waals surface area contributed by atoms with Crippen LogP contribution in [0.4, 0.5) is 5.69 Å². The normalized spacial score (nSPS) is 11.3. The molecule has 0 aliphatic rings. The van der Waals surface area contributed by atoms with Gasteiger partial charge in [0, 0.05) is 11.8 Å². The number of rotatable bonds is 3. The summed E-state index contributed by atoms with van der Waals surface area (Å²) in [6, 6.07) is 7.09. The molecule has 3 nitrogen and oxygen atoms in total. The standard InChI is InChI=1S/C10H13NO2/c1-2-9(12)7-13-10-5-3-4-8(11)6-10/h2-6,12H,7,11H2,1H3. The minimum absolute atomic E-state index is 0.181. The van der Waals surface area contributed by atoms with Gasteiger partial charge in [-0.1, -0.05) is 6.07 Å². The lowest BCUT2D eigenvalue weighted by Gasteiger charge is -2.05.